The molecule has 0 aliphatic heterocycles. The van der Waals surface area contributed by atoms with Crippen LogP contribution in [-0.4, -0.2) is 15.3 Å². The van der Waals surface area contributed by atoms with E-state index in [2.05, 4.69) is 10.3 Å². The van der Waals surface area contributed by atoms with E-state index < -0.39 is 0 Å². The van der Waals surface area contributed by atoms with E-state index >= 15 is 0 Å². The molecule has 0 aliphatic rings. The van der Waals surface area contributed by atoms with E-state index in [4.69, 9.17) is 0 Å². The Hall–Kier alpha value is -2.69. The van der Waals surface area contributed by atoms with E-state index in [1.54, 1.807) is 18.3 Å². The minimum Gasteiger partial charge on any atom is -0.348 e. The van der Waals surface area contributed by atoms with Crippen molar-refractivity contribution in [1.29, 1.82) is 0 Å². The van der Waals surface area contributed by atoms with E-state index in [1.165, 1.54) is 12.1 Å². The molecule has 0 saturated carbocycles. The minimum absolute atomic E-state index is 0.0794. The predicted octanol–water partition coefficient (Wildman–Crippen LogP) is 3.53. The molecule has 124 valence electrons. The highest BCUT2D eigenvalue weighted by Gasteiger charge is 2.24. The number of halogens is 1. The first kappa shape index (κ1) is 16.2. The number of nitrogens with one attached hydrogen (secondary N) is 1. The molecule has 3 rings (SSSR count). The van der Waals surface area contributed by atoms with Crippen LogP contribution in [0.25, 0.3) is 5.52 Å². The lowest BCUT2D eigenvalue weighted by Crippen LogP contribution is -2.32. The van der Waals surface area contributed by atoms with Crippen LogP contribution < -0.4 is 5.32 Å². The molecule has 1 unspecified atom stereocenters. The third kappa shape index (κ3) is 3.30. The second-order valence-corrected chi connectivity index (χ2v) is 6.16. The first-order valence-corrected chi connectivity index (χ1v) is 8.00. The summed E-state index contributed by atoms with van der Waals surface area (Å²) in [5.74, 6) is 0.180. The van der Waals surface area contributed by atoms with Gasteiger partial charge < -0.3 is 9.72 Å². The smallest absolute Gasteiger partial charge is 0.228 e. The second-order valence-electron chi connectivity index (χ2n) is 6.16. The number of imidazole rings is 1. The molecular weight excluding hydrogens is 305 g/mol. The molecule has 0 spiro atoms. The van der Waals surface area contributed by atoms with Gasteiger partial charge in [-0.05, 0) is 35.7 Å². The average molecular weight is 325 g/mol. The number of carbonyl (C=O) groups is 1. The Morgan fingerprint density at radius 2 is 1.96 bits per heavy atom. The van der Waals surface area contributed by atoms with Crippen molar-refractivity contribution in [1.82, 2.24) is 14.7 Å². The number of amides is 1. The summed E-state index contributed by atoms with van der Waals surface area (Å²) in [6.07, 6.45) is 3.70. The Balaban J connectivity index is 1.75. The summed E-state index contributed by atoms with van der Waals surface area (Å²) in [7, 11) is 0. The fourth-order valence-corrected chi connectivity index (χ4v) is 2.92. The number of fused-ring (bicyclic) bond motifs is 1. The summed E-state index contributed by atoms with van der Waals surface area (Å²) in [5, 5.41) is 2.96. The number of carbonyl (C=O) groups excluding carboxylic acids is 1. The maximum atomic E-state index is 13.1. The zero-order valence-corrected chi connectivity index (χ0v) is 13.7. The number of nitrogens with zero attached hydrogens (tertiary/aromatic N) is 2. The van der Waals surface area contributed by atoms with Gasteiger partial charge in [0.25, 0.3) is 0 Å². The Morgan fingerprint density at radius 1 is 1.21 bits per heavy atom. The van der Waals surface area contributed by atoms with Crippen LogP contribution in [0.15, 0.2) is 54.9 Å². The second kappa shape index (κ2) is 6.83. The van der Waals surface area contributed by atoms with Crippen LogP contribution in [0.4, 0.5) is 4.39 Å². The van der Waals surface area contributed by atoms with Gasteiger partial charge in [-0.25, -0.2) is 9.37 Å². The van der Waals surface area contributed by atoms with Crippen molar-refractivity contribution in [3.05, 3.63) is 72.1 Å². The number of hydrogen-bond acceptors (Lipinski definition) is 2. The maximum absolute atomic E-state index is 13.1. The Labute approximate surface area is 140 Å². The van der Waals surface area contributed by atoms with Gasteiger partial charge >= 0.3 is 0 Å². The van der Waals surface area contributed by atoms with E-state index in [-0.39, 0.29) is 23.6 Å². The summed E-state index contributed by atoms with van der Waals surface area (Å²) < 4.78 is 15.1. The number of benzene rings is 1. The van der Waals surface area contributed by atoms with E-state index in [1.807, 2.05) is 42.6 Å². The normalized spacial score (nSPS) is 12.5. The van der Waals surface area contributed by atoms with Gasteiger partial charge in [0, 0.05) is 6.20 Å². The van der Waals surface area contributed by atoms with Crippen molar-refractivity contribution in [3.8, 4) is 0 Å². The Kier molecular flexibility index (Phi) is 4.60. The number of hydrogen-bond donors (Lipinski definition) is 1. The van der Waals surface area contributed by atoms with Crippen LogP contribution in [0.3, 0.4) is 0 Å². The van der Waals surface area contributed by atoms with Crippen molar-refractivity contribution in [2.75, 3.05) is 0 Å². The molecule has 3 aromatic rings. The lowest BCUT2D eigenvalue weighted by atomic mass is 9.87. The van der Waals surface area contributed by atoms with E-state index in [0.29, 0.717) is 6.54 Å². The van der Waals surface area contributed by atoms with Gasteiger partial charge in [-0.3, -0.25) is 4.79 Å². The molecule has 4 nitrogen and oxygen atoms in total. The molecule has 24 heavy (non-hydrogen) atoms. The summed E-state index contributed by atoms with van der Waals surface area (Å²) in [5.41, 5.74) is 1.80. The summed E-state index contributed by atoms with van der Waals surface area (Å²) in [4.78, 5) is 17.0. The van der Waals surface area contributed by atoms with Crippen LogP contribution >= 0.6 is 0 Å². The molecule has 0 aliphatic carbocycles. The Bertz CT molecular complexity index is 839. The van der Waals surface area contributed by atoms with E-state index in [9.17, 15) is 9.18 Å². The topological polar surface area (TPSA) is 46.4 Å². The average Bonchev–Trinajstić information content (AvgIpc) is 2.98. The molecule has 1 amide bonds. The largest absolute Gasteiger partial charge is 0.348 e. The molecule has 0 saturated heterocycles. The molecule has 0 bridgehead atoms. The number of aromatic nitrogens is 2. The van der Waals surface area contributed by atoms with Gasteiger partial charge in [0.2, 0.25) is 5.91 Å². The quantitative estimate of drug-likeness (QED) is 0.780. The van der Waals surface area contributed by atoms with Crippen molar-refractivity contribution in [2.24, 2.45) is 5.92 Å². The van der Waals surface area contributed by atoms with Crippen molar-refractivity contribution in [3.63, 3.8) is 0 Å². The molecule has 2 heterocycles. The highest BCUT2D eigenvalue weighted by molar-refractivity contribution is 5.83. The Morgan fingerprint density at radius 3 is 2.67 bits per heavy atom. The molecule has 0 radical (unpaired) electrons. The first-order chi connectivity index (χ1) is 11.6. The highest BCUT2D eigenvalue weighted by atomic mass is 19.1. The SMILES string of the molecule is CC(C)C(C(=O)NCc1ncc2ccccn12)c1ccc(F)cc1. The maximum Gasteiger partial charge on any atom is 0.228 e. The predicted molar refractivity (Wildman–Crippen MR) is 91.0 cm³/mol. The number of rotatable bonds is 5. The molecular formula is C19H20FN3O. The molecule has 1 N–H and O–H groups in total. The summed E-state index contributed by atoms with van der Waals surface area (Å²) >= 11 is 0. The van der Waals surface area contributed by atoms with Crippen molar-refractivity contribution < 1.29 is 9.18 Å². The number of pyridine rings is 1. The lowest BCUT2D eigenvalue weighted by Gasteiger charge is -2.20. The van der Waals surface area contributed by atoms with Gasteiger partial charge in [-0.1, -0.05) is 32.0 Å². The van der Waals surface area contributed by atoms with Crippen molar-refractivity contribution >= 4 is 11.4 Å². The first-order valence-electron chi connectivity index (χ1n) is 8.00. The molecule has 2 aromatic heterocycles. The van der Waals surface area contributed by atoms with Crippen LogP contribution in [-0.2, 0) is 11.3 Å². The van der Waals surface area contributed by atoms with Gasteiger partial charge in [0.1, 0.15) is 11.6 Å². The van der Waals surface area contributed by atoms with Crippen molar-refractivity contribution in [2.45, 2.75) is 26.3 Å². The molecule has 5 heteroatoms. The zero-order chi connectivity index (χ0) is 17.1. The summed E-state index contributed by atoms with van der Waals surface area (Å²) in [6.45, 7) is 4.32. The van der Waals surface area contributed by atoms with Crippen LogP contribution in [0, 0.1) is 11.7 Å². The summed E-state index contributed by atoms with van der Waals surface area (Å²) in [6, 6.07) is 12.0. The minimum atomic E-state index is -0.322. The van der Waals surface area contributed by atoms with Gasteiger partial charge in [-0.15, -0.1) is 0 Å². The van der Waals surface area contributed by atoms with E-state index in [0.717, 1.165) is 16.9 Å². The van der Waals surface area contributed by atoms with Gasteiger partial charge in [0.15, 0.2) is 0 Å². The van der Waals surface area contributed by atoms with Crippen LogP contribution in [0.1, 0.15) is 31.2 Å². The third-order valence-corrected chi connectivity index (χ3v) is 4.11. The highest BCUT2D eigenvalue weighted by Crippen LogP contribution is 2.25. The molecule has 1 aromatic carbocycles. The van der Waals surface area contributed by atoms with Crippen LogP contribution in [0.2, 0.25) is 0 Å². The standard InChI is InChI=1S/C19H20FN3O/c1-13(2)18(14-6-8-15(20)9-7-14)19(24)22-12-17-21-11-16-5-3-4-10-23(16)17/h3-11,13,18H,12H2,1-2H3,(H,22,24). The molecule has 1 atom stereocenters. The van der Waals surface area contributed by atoms with Gasteiger partial charge in [0.05, 0.1) is 24.2 Å². The molecule has 0 fully saturated rings. The lowest BCUT2D eigenvalue weighted by molar-refractivity contribution is -0.123. The van der Waals surface area contributed by atoms with Gasteiger partial charge in [-0.2, -0.15) is 0 Å². The monoisotopic (exact) mass is 325 g/mol. The third-order valence-electron chi connectivity index (χ3n) is 4.11. The zero-order valence-electron chi connectivity index (χ0n) is 13.7. The van der Waals surface area contributed by atoms with Crippen LogP contribution in [0.5, 0.6) is 0 Å². The fourth-order valence-electron chi connectivity index (χ4n) is 2.92. The fraction of sp³-hybridized carbons (Fsp3) is 0.263.